The first-order valence-electron chi connectivity index (χ1n) is 7.05. The van der Waals surface area contributed by atoms with E-state index in [0.29, 0.717) is 21.3 Å². The third kappa shape index (κ3) is 4.63. The van der Waals surface area contributed by atoms with Crippen LogP contribution in [0.3, 0.4) is 0 Å². The number of halogens is 3. The Balaban J connectivity index is 1.75. The van der Waals surface area contributed by atoms with Crippen molar-refractivity contribution < 1.29 is 9.18 Å². The minimum absolute atomic E-state index is 0.163. The fraction of sp³-hybridized carbons (Fsp3) is 0. The molecule has 0 saturated carbocycles. The maximum atomic E-state index is 13.2. The lowest BCUT2D eigenvalue weighted by molar-refractivity contribution is 0.102. The van der Waals surface area contributed by atoms with Crippen molar-refractivity contribution in [3.63, 3.8) is 0 Å². The van der Waals surface area contributed by atoms with E-state index in [1.807, 2.05) is 0 Å². The van der Waals surface area contributed by atoms with Crippen LogP contribution >= 0.6 is 34.5 Å². The molecule has 0 aliphatic rings. The van der Waals surface area contributed by atoms with Gasteiger partial charge >= 0.3 is 0 Å². The van der Waals surface area contributed by atoms with E-state index in [0.717, 1.165) is 11.3 Å². The largest absolute Gasteiger partial charge is 0.320 e. The molecule has 4 nitrogen and oxygen atoms in total. The summed E-state index contributed by atoms with van der Waals surface area (Å²) in [6.45, 7) is 0. The van der Waals surface area contributed by atoms with Gasteiger partial charge in [0.1, 0.15) is 5.82 Å². The molecule has 0 aliphatic carbocycles. The molecule has 0 bridgehead atoms. The fourth-order valence-corrected chi connectivity index (χ4v) is 2.99. The first kappa shape index (κ1) is 17.5. The van der Waals surface area contributed by atoms with Gasteiger partial charge in [-0.1, -0.05) is 46.7 Å². The van der Waals surface area contributed by atoms with Crippen molar-refractivity contribution in [1.29, 1.82) is 0 Å². The molecule has 0 aliphatic heterocycles. The zero-order chi connectivity index (χ0) is 17.8. The summed E-state index contributed by atoms with van der Waals surface area (Å²) in [4.78, 5) is 12.2. The molecule has 1 N–H and O–H groups in total. The molecule has 25 heavy (non-hydrogen) atoms. The summed E-state index contributed by atoms with van der Waals surface area (Å²) in [5.74, 6) is -0.764. The van der Waals surface area contributed by atoms with Crippen LogP contribution in [0.4, 0.5) is 10.1 Å². The summed E-state index contributed by atoms with van der Waals surface area (Å²) >= 11 is 13.0. The molecule has 0 atom stereocenters. The average Bonchev–Trinajstić information content (AvgIpc) is 3.07. The number of hydrogen-bond donors (Lipinski definition) is 1. The highest BCUT2D eigenvalue weighted by atomic mass is 35.5. The van der Waals surface area contributed by atoms with E-state index in [1.54, 1.807) is 42.5 Å². The Morgan fingerprint density at radius 2 is 1.84 bits per heavy atom. The molecule has 1 aromatic heterocycles. The first-order chi connectivity index (χ1) is 12.0. The maximum Gasteiger partial charge on any atom is 0.286 e. The number of carbonyl (C=O) groups excluding carboxylic acids is 1. The molecule has 3 rings (SSSR count). The van der Waals surface area contributed by atoms with Crippen LogP contribution < -0.4 is 5.32 Å². The Bertz CT molecular complexity index is 941. The third-order valence-electron chi connectivity index (χ3n) is 3.07. The average molecular weight is 394 g/mol. The molecule has 1 amide bonds. The summed E-state index contributed by atoms with van der Waals surface area (Å²) in [6.07, 6.45) is 1.56. The lowest BCUT2D eigenvalue weighted by Crippen LogP contribution is -2.11. The Morgan fingerprint density at radius 1 is 1.12 bits per heavy atom. The van der Waals surface area contributed by atoms with E-state index < -0.39 is 5.91 Å². The molecule has 3 aromatic rings. The highest BCUT2D eigenvalue weighted by Gasteiger charge is 2.15. The molecule has 8 heteroatoms. The number of hydrogen-bond acceptors (Lipinski definition) is 4. The summed E-state index contributed by atoms with van der Waals surface area (Å²) < 4.78 is 13.2. The highest BCUT2D eigenvalue weighted by Crippen LogP contribution is 2.26. The van der Waals surface area contributed by atoms with Crippen molar-refractivity contribution in [2.24, 2.45) is 0 Å². The van der Waals surface area contributed by atoms with Gasteiger partial charge in [0.05, 0.1) is 5.03 Å². The van der Waals surface area contributed by atoms with Gasteiger partial charge in [0.25, 0.3) is 5.91 Å². The van der Waals surface area contributed by atoms with Crippen LogP contribution in [0.15, 0.2) is 48.5 Å². The zero-order valence-corrected chi connectivity index (χ0v) is 14.9. The van der Waals surface area contributed by atoms with Gasteiger partial charge < -0.3 is 5.32 Å². The van der Waals surface area contributed by atoms with Gasteiger partial charge in [0.15, 0.2) is 5.01 Å². The molecular weight excluding hydrogens is 384 g/mol. The minimum atomic E-state index is -0.402. The fourth-order valence-electron chi connectivity index (χ4n) is 1.93. The van der Waals surface area contributed by atoms with E-state index >= 15 is 0 Å². The number of benzene rings is 2. The number of carbonyl (C=O) groups is 1. The van der Waals surface area contributed by atoms with Crippen LogP contribution in [0.5, 0.6) is 0 Å². The number of nitrogens with one attached hydrogen (secondary N) is 1. The highest BCUT2D eigenvalue weighted by molar-refractivity contribution is 7.15. The Hall–Kier alpha value is -2.28. The van der Waals surface area contributed by atoms with Gasteiger partial charge in [-0.3, -0.25) is 4.79 Å². The standard InChI is InChI=1S/C17H10Cl2FN3OS/c18-11-4-6-13(7-5-11)21-15(24)17-23-22-16(25-17)14(19)9-10-2-1-3-12(20)8-10/h1-9H,(H,21,24)/b14-9-. The summed E-state index contributed by atoms with van der Waals surface area (Å²) in [6, 6.07) is 12.7. The van der Waals surface area contributed by atoms with E-state index in [-0.39, 0.29) is 15.9 Å². The zero-order valence-electron chi connectivity index (χ0n) is 12.5. The second kappa shape index (κ2) is 7.74. The van der Waals surface area contributed by atoms with E-state index in [2.05, 4.69) is 15.5 Å². The normalized spacial score (nSPS) is 11.4. The maximum absolute atomic E-state index is 13.2. The summed E-state index contributed by atoms with van der Waals surface area (Å²) in [7, 11) is 0. The quantitative estimate of drug-likeness (QED) is 0.652. The van der Waals surface area contributed by atoms with Gasteiger partial charge in [-0.05, 0) is 48.0 Å². The topological polar surface area (TPSA) is 54.9 Å². The van der Waals surface area contributed by atoms with Crippen LogP contribution in [0.2, 0.25) is 5.02 Å². The molecule has 0 radical (unpaired) electrons. The SMILES string of the molecule is O=C(Nc1ccc(Cl)cc1)c1nnc(/C(Cl)=C/c2cccc(F)c2)s1. The second-order valence-electron chi connectivity index (χ2n) is 4.92. The lowest BCUT2D eigenvalue weighted by atomic mass is 10.2. The molecular formula is C17H10Cl2FN3OS. The van der Waals surface area contributed by atoms with E-state index in [9.17, 15) is 9.18 Å². The van der Waals surface area contributed by atoms with Gasteiger partial charge in [0.2, 0.25) is 5.01 Å². The van der Waals surface area contributed by atoms with Crippen LogP contribution in [0.1, 0.15) is 20.4 Å². The molecule has 126 valence electrons. The number of anilines is 1. The van der Waals surface area contributed by atoms with Crippen molar-refractivity contribution >= 4 is 57.2 Å². The first-order valence-corrected chi connectivity index (χ1v) is 8.62. The predicted molar refractivity (Wildman–Crippen MR) is 99.4 cm³/mol. The molecule has 0 unspecified atom stereocenters. The summed E-state index contributed by atoms with van der Waals surface area (Å²) in [5, 5.41) is 11.8. The van der Waals surface area contributed by atoms with Crippen molar-refractivity contribution in [2.75, 3.05) is 5.32 Å². The van der Waals surface area contributed by atoms with Gasteiger partial charge in [-0.25, -0.2) is 4.39 Å². The Kier molecular flexibility index (Phi) is 5.43. The van der Waals surface area contributed by atoms with Gasteiger partial charge in [-0.15, -0.1) is 10.2 Å². The van der Waals surface area contributed by atoms with Gasteiger partial charge in [0, 0.05) is 10.7 Å². The van der Waals surface area contributed by atoms with Crippen LogP contribution in [0.25, 0.3) is 11.1 Å². The van der Waals surface area contributed by atoms with Gasteiger partial charge in [-0.2, -0.15) is 0 Å². The van der Waals surface area contributed by atoms with Crippen LogP contribution in [-0.2, 0) is 0 Å². The molecule has 2 aromatic carbocycles. The number of amides is 1. The van der Waals surface area contributed by atoms with Crippen LogP contribution in [-0.4, -0.2) is 16.1 Å². The number of nitrogens with zero attached hydrogens (tertiary/aromatic N) is 2. The van der Waals surface area contributed by atoms with Crippen molar-refractivity contribution in [3.05, 3.63) is 74.9 Å². The minimum Gasteiger partial charge on any atom is -0.320 e. The molecule has 1 heterocycles. The molecule has 0 spiro atoms. The lowest BCUT2D eigenvalue weighted by Gasteiger charge is -2.01. The van der Waals surface area contributed by atoms with E-state index in [4.69, 9.17) is 23.2 Å². The second-order valence-corrected chi connectivity index (χ2v) is 6.74. The number of aromatic nitrogens is 2. The van der Waals surface area contributed by atoms with Crippen LogP contribution in [0, 0.1) is 5.82 Å². The van der Waals surface area contributed by atoms with E-state index in [1.165, 1.54) is 12.1 Å². The summed E-state index contributed by atoms with van der Waals surface area (Å²) in [5.41, 5.74) is 1.18. The monoisotopic (exact) mass is 393 g/mol. The van der Waals surface area contributed by atoms with Crippen molar-refractivity contribution in [3.8, 4) is 0 Å². The smallest absolute Gasteiger partial charge is 0.286 e. The van der Waals surface area contributed by atoms with Crippen molar-refractivity contribution in [1.82, 2.24) is 10.2 Å². The Labute approximate surface area is 156 Å². The predicted octanol–water partition coefficient (Wildman–Crippen LogP) is 5.32. The Morgan fingerprint density at radius 3 is 2.56 bits per heavy atom. The molecule has 0 fully saturated rings. The third-order valence-corrected chi connectivity index (χ3v) is 4.68. The molecule has 0 saturated heterocycles. The van der Waals surface area contributed by atoms with Crippen molar-refractivity contribution in [2.45, 2.75) is 0 Å². The number of rotatable bonds is 4.